The quantitative estimate of drug-likeness (QED) is 0.804. The van der Waals surface area contributed by atoms with Crippen LogP contribution in [0.3, 0.4) is 0 Å². The molecule has 1 aromatic rings. The zero-order valence-corrected chi connectivity index (χ0v) is 9.74. The summed E-state index contributed by atoms with van der Waals surface area (Å²) in [6, 6.07) is 3.40. The molecule has 15 heavy (non-hydrogen) atoms. The third-order valence-corrected chi connectivity index (χ3v) is 3.42. The summed E-state index contributed by atoms with van der Waals surface area (Å²) in [5.74, 6) is 0. The van der Waals surface area contributed by atoms with Crippen LogP contribution in [0.15, 0.2) is 12.3 Å². The van der Waals surface area contributed by atoms with Crippen LogP contribution in [-0.4, -0.2) is 15.8 Å². The Morgan fingerprint density at radius 3 is 3.00 bits per heavy atom. The monoisotopic (exact) mass is 207 g/mol. The first-order valence-corrected chi connectivity index (χ1v) is 6.07. The van der Waals surface area contributed by atoms with Crippen LogP contribution in [0.25, 0.3) is 0 Å². The van der Waals surface area contributed by atoms with Gasteiger partial charge in [-0.2, -0.15) is 5.10 Å². The van der Waals surface area contributed by atoms with Crippen LogP contribution >= 0.6 is 0 Å². The summed E-state index contributed by atoms with van der Waals surface area (Å²) >= 11 is 0. The number of rotatable bonds is 5. The van der Waals surface area contributed by atoms with E-state index >= 15 is 0 Å². The molecule has 2 rings (SSSR count). The Hall–Kier alpha value is -0.830. The molecule has 3 heteroatoms. The average molecular weight is 207 g/mol. The molecule has 3 nitrogen and oxygen atoms in total. The van der Waals surface area contributed by atoms with Gasteiger partial charge in [-0.1, -0.05) is 6.92 Å². The molecule has 0 aromatic carbocycles. The van der Waals surface area contributed by atoms with Crippen molar-refractivity contribution in [2.45, 2.75) is 58.2 Å². The summed E-state index contributed by atoms with van der Waals surface area (Å²) in [4.78, 5) is 0. The number of nitrogens with zero attached hydrogens (tertiary/aromatic N) is 2. The van der Waals surface area contributed by atoms with E-state index in [9.17, 15) is 0 Å². The van der Waals surface area contributed by atoms with E-state index in [0.29, 0.717) is 12.1 Å². The van der Waals surface area contributed by atoms with Gasteiger partial charge in [-0.05, 0) is 38.7 Å². The molecular weight excluding hydrogens is 186 g/mol. The molecule has 1 unspecified atom stereocenters. The van der Waals surface area contributed by atoms with Crippen molar-refractivity contribution < 1.29 is 0 Å². The number of aromatic nitrogens is 2. The maximum Gasteiger partial charge on any atom is 0.0525 e. The maximum absolute atomic E-state index is 4.42. The first-order chi connectivity index (χ1) is 7.31. The highest BCUT2D eigenvalue weighted by Crippen LogP contribution is 2.31. The fourth-order valence-electron chi connectivity index (χ4n) is 1.86. The summed E-state index contributed by atoms with van der Waals surface area (Å²) in [6.07, 6.45) is 7.07. The van der Waals surface area contributed by atoms with E-state index in [-0.39, 0.29) is 0 Å². The minimum Gasteiger partial charge on any atom is -0.309 e. The van der Waals surface area contributed by atoms with Gasteiger partial charge in [0.25, 0.3) is 0 Å². The molecule has 1 aromatic heterocycles. The normalized spacial score (nSPS) is 18.8. The van der Waals surface area contributed by atoms with Gasteiger partial charge in [0.05, 0.1) is 11.7 Å². The molecule has 0 aliphatic heterocycles. The standard InChI is InChI=1S/C12H21N3/c1-3-10(2)13-9-12-7-8-14-15(12)11-5-4-6-11/h7-8,10-11,13H,3-6,9H2,1-2H3. The van der Waals surface area contributed by atoms with Crippen LogP contribution in [0.5, 0.6) is 0 Å². The lowest BCUT2D eigenvalue weighted by molar-refractivity contribution is 0.279. The highest BCUT2D eigenvalue weighted by Gasteiger charge is 2.21. The summed E-state index contributed by atoms with van der Waals surface area (Å²) < 4.78 is 2.21. The van der Waals surface area contributed by atoms with Gasteiger partial charge in [-0.3, -0.25) is 4.68 Å². The SMILES string of the molecule is CCC(C)NCc1ccnn1C1CCC1. The molecule has 1 fully saturated rings. The zero-order chi connectivity index (χ0) is 10.7. The van der Waals surface area contributed by atoms with E-state index in [1.54, 1.807) is 0 Å². The number of hydrogen-bond donors (Lipinski definition) is 1. The highest BCUT2D eigenvalue weighted by molar-refractivity contribution is 5.03. The lowest BCUT2D eigenvalue weighted by Gasteiger charge is -2.27. The minimum atomic E-state index is 0.592. The van der Waals surface area contributed by atoms with Gasteiger partial charge < -0.3 is 5.32 Å². The topological polar surface area (TPSA) is 29.9 Å². The molecule has 1 aliphatic carbocycles. The Kier molecular flexibility index (Phi) is 3.41. The summed E-state index contributed by atoms with van der Waals surface area (Å²) in [7, 11) is 0. The highest BCUT2D eigenvalue weighted by atomic mass is 15.3. The van der Waals surface area contributed by atoms with Gasteiger partial charge in [0.1, 0.15) is 0 Å². The Bertz CT molecular complexity index is 302. The average Bonchev–Trinajstić information content (AvgIpc) is 2.60. The molecule has 0 saturated heterocycles. The molecule has 1 heterocycles. The van der Waals surface area contributed by atoms with E-state index in [0.717, 1.165) is 6.54 Å². The van der Waals surface area contributed by atoms with Gasteiger partial charge in [0.2, 0.25) is 0 Å². The second kappa shape index (κ2) is 4.79. The van der Waals surface area contributed by atoms with Crippen molar-refractivity contribution in [1.82, 2.24) is 15.1 Å². The smallest absolute Gasteiger partial charge is 0.0525 e. The van der Waals surface area contributed by atoms with Crippen LogP contribution in [0, 0.1) is 0 Å². The van der Waals surface area contributed by atoms with Crippen molar-refractivity contribution in [2.24, 2.45) is 0 Å². The van der Waals surface area contributed by atoms with Crippen molar-refractivity contribution in [3.05, 3.63) is 18.0 Å². The van der Waals surface area contributed by atoms with Crippen molar-refractivity contribution in [2.75, 3.05) is 0 Å². The molecule has 0 amide bonds. The summed E-state index contributed by atoms with van der Waals surface area (Å²) in [5.41, 5.74) is 1.33. The molecule has 1 saturated carbocycles. The van der Waals surface area contributed by atoms with Crippen molar-refractivity contribution in [3.8, 4) is 0 Å². The van der Waals surface area contributed by atoms with Gasteiger partial charge in [-0.25, -0.2) is 0 Å². The van der Waals surface area contributed by atoms with E-state index in [4.69, 9.17) is 0 Å². The first-order valence-electron chi connectivity index (χ1n) is 6.07. The fourth-order valence-corrected chi connectivity index (χ4v) is 1.86. The lowest BCUT2D eigenvalue weighted by atomic mass is 9.93. The third-order valence-electron chi connectivity index (χ3n) is 3.42. The Balaban J connectivity index is 1.92. The van der Waals surface area contributed by atoms with Crippen LogP contribution in [-0.2, 0) is 6.54 Å². The molecule has 0 spiro atoms. The van der Waals surface area contributed by atoms with Crippen LogP contribution in [0.4, 0.5) is 0 Å². The summed E-state index contributed by atoms with van der Waals surface area (Å²) in [6.45, 7) is 5.39. The van der Waals surface area contributed by atoms with Gasteiger partial charge >= 0.3 is 0 Å². The molecule has 1 N–H and O–H groups in total. The molecule has 0 bridgehead atoms. The molecule has 0 radical (unpaired) electrons. The predicted molar refractivity (Wildman–Crippen MR) is 61.7 cm³/mol. The lowest BCUT2D eigenvalue weighted by Crippen LogP contribution is -2.28. The second-order valence-electron chi connectivity index (χ2n) is 4.54. The molecule has 1 aliphatic rings. The van der Waals surface area contributed by atoms with E-state index in [1.807, 2.05) is 6.20 Å². The van der Waals surface area contributed by atoms with Crippen molar-refractivity contribution in [3.63, 3.8) is 0 Å². The molecule has 84 valence electrons. The number of nitrogens with one attached hydrogen (secondary N) is 1. The van der Waals surface area contributed by atoms with E-state index in [1.165, 1.54) is 31.4 Å². The third kappa shape index (κ3) is 2.40. The van der Waals surface area contributed by atoms with Gasteiger partial charge in [0, 0.05) is 18.8 Å². The number of hydrogen-bond acceptors (Lipinski definition) is 2. The fraction of sp³-hybridized carbons (Fsp3) is 0.750. The Morgan fingerprint density at radius 1 is 1.60 bits per heavy atom. The van der Waals surface area contributed by atoms with Crippen LogP contribution in [0.1, 0.15) is 51.3 Å². The van der Waals surface area contributed by atoms with Crippen molar-refractivity contribution >= 4 is 0 Å². The Morgan fingerprint density at radius 2 is 2.40 bits per heavy atom. The second-order valence-corrected chi connectivity index (χ2v) is 4.54. The summed E-state index contributed by atoms with van der Waals surface area (Å²) in [5, 5.41) is 7.94. The first kappa shape index (κ1) is 10.7. The predicted octanol–water partition coefficient (Wildman–Crippen LogP) is 2.50. The largest absolute Gasteiger partial charge is 0.309 e. The van der Waals surface area contributed by atoms with Crippen LogP contribution < -0.4 is 5.32 Å². The zero-order valence-electron chi connectivity index (χ0n) is 9.74. The minimum absolute atomic E-state index is 0.592. The van der Waals surface area contributed by atoms with Gasteiger partial charge in [0.15, 0.2) is 0 Å². The maximum atomic E-state index is 4.42. The van der Waals surface area contributed by atoms with Crippen LogP contribution in [0.2, 0.25) is 0 Å². The molecular formula is C12H21N3. The van der Waals surface area contributed by atoms with E-state index < -0.39 is 0 Å². The van der Waals surface area contributed by atoms with E-state index in [2.05, 4.69) is 35.0 Å². The Labute approximate surface area is 91.9 Å². The van der Waals surface area contributed by atoms with Crippen molar-refractivity contribution in [1.29, 1.82) is 0 Å². The van der Waals surface area contributed by atoms with Gasteiger partial charge in [-0.15, -0.1) is 0 Å². The molecule has 1 atom stereocenters.